The number of barbiturate groups is 1. The summed E-state index contributed by atoms with van der Waals surface area (Å²) in [6.45, 7) is 6.35. The van der Waals surface area contributed by atoms with Gasteiger partial charge in [-0.2, -0.15) is 8.42 Å². The highest BCUT2D eigenvalue weighted by molar-refractivity contribution is 14.1. The van der Waals surface area contributed by atoms with Crippen molar-refractivity contribution < 1.29 is 36.5 Å². The van der Waals surface area contributed by atoms with Gasteiger partial charge in [-0.1, -0.05) is 31.0 Å². The number of urea groups is 1. The Labute approximate surface area is 257 Å². The molecule has 12 heteroatoms. The van der Waals surface area contributed by atoms with Gasteiger partial charge >= 0.3 is 16.1 Å². The van der Waals surface area contributed by atoms with Gasteiger partial charge in [0.2, 0.25) is 0 Å². The van der Waals surface area contributed by atoms with Crippen molar-refractivity contribution in [2.24, 2.45) is 0 Å². The van der Waals surface area contributed by atoms with Crippen LogP contribution in [-0.2, 0) is 19.7 Å². The highest BCUT2D eigenvalue weighted by Crippen LogP contribution is 2.37. The third-order valence-corrected chi connectivity index (χ3v) is 8.15. The molecule has 0 aliphatic carbocycles. The Balaban J connectivity index is 1.64. The van der Waals surface area contributed by atoms with Gasteiger partial charge in [0.1, 0.15) is 16.2 Å². The quantitative estimate of drug-likeness (QED) is 0.0898. The van der Waals surface area contributed by atoms with Gasteiger partial charge in [0.05, 0.1) is 22.5 Å². The first kappa shape index (κ1) is 31.0. The van der Waals surface area contributed by atoms with Crippen molar-refractivity contribution in [3.63, 3.8) is 0 Å². The fourth-order valence-corrected chi connectivity index (χ4v) is 5.80. The Bertz CT molecular complexity index is 1630. The van der Waals surface area contributed by atoms with Crippen LogP contribution in [0, 0.1) is 10.5 Å². The second-order valence-corrected chi connectivity index (χ2v) is 12.0. The molecule has 1 saturated heterocycles. The Hall–Kier alpha value is -3.91. The Morgan fingerprint density at radius 3 is 2.29 bits per heavy atom. The summed E-state index contributed by atoms with van der Waals surface area (Å²) in [6.07, 6.45) is 3.18. The molecule has 1 heterocycles. The maximum absolute atomic E-state index is 13.4. The number of nitrogens with one attached hydrogen (secondary N) is 1. The van der Waals surface area contributed by atoms with E-state index in [1.54, 1.807) is 49.4 Å². The van der Waals surface area contributed by atoms with Gasteiger partial charge in [-0.05, 0) is 103 Å². The lowest BCUT2D eigenvalue weighted by molar-refractivity contribution is -0.122. The summed E-state index contributed by atoms with van der Waals surface area (Å²) in [7, 11) is -4.18. The summed E-state index contributed by atoms with van der Waals surface area (Å²) in [6, 6.07) is 14.8. The second kappa shape index (κ2) is 13.4. The lowest BCUT2D eigenvalue weighted by Gasteiger charge is -2.26. The fourth-order valence-electron chi connectivity index (χ4n) is 3.96. The van der Waals surface area contributed by atoms with Crippen molar-refractivity contribution in [1.29, 1.82) is 0 Å². The number of imide groups is 2. The minimum atomic E-state index is -4.18. The molecule has 0 atom stereocenters. The molecule has 10 nitrogen and oxygen atoms in total. The molecule has 0 saturated carbocycles. The molecule has 0 bridgehead atoms. The average Bonchev–Trinajstić information content (AvgIpc) is 2.94. The number of hydrogen-bond donors (Lipinski definition) is 1. The first-order valence-corrected chi connectivity index (χ1v) is 15.6. The average molecular weight is 705 g/mol. The topological polar surface area (TPSA) is 128 Å². The van der Waals surface area contributed by atoms with Crippen LogP contribution in [0.4, 0.5) is 10.5 Å². The first-order valence-electron chi connectivity index (χ1n) is 13.2. The lowest BCUT2D eigenvalue weighted by atomic mass is 10.1. The molecule has 4 rings (SSSR count). The predicted molar refractivity (Wildman–Crippen MR) is 165 cm³/mol. The molecule has 42 heavy (non-hydrogen) atoms. The molecular weight excluding hydrogens is 675 g/mol. The van der Waals surface area contributed by atoms with Crippen LogP contribution < -0.4 is 23.9 Å². The third kappa shape index (κ3) is 7.10. The molecule has 1 fully saturated rings. The zero-order chi connectivity index (χ0) is 30.4. The molecule has 3 aromatic rings. The molecule has 1 aliphatic rings. The molecule has 0 aromatic heterocycles. The Kier molecular flexibility index (Phi) is 9.89. The minimum absolute atomic E-state index is 0.0210. The summed E-state index contributed by atoms with van der Waals surface area (Å²) < 4.78 is 43.1. The smallest absolute Gasteiger partial charge is 0.339 e. The molecule has 4 amide bonds. The summed E-state index contributed by atoms with van der Waals surface area (Å²) in [5.74, 6) is -1.02. The van der Waals surface area contributed by atoms with Crippen molar-refractivity contribution >= 4 is 62.3 Å². The van der Waals surface area contributed by atoms with E-state index >= 15 is 0 Å². The molecule has 0 unspecified atom stereocenters. The van der Waals surface area contributed by atoms with Gasteiger partial charge in [0.25, 0.3) is 11.8 Å². The number of ether oxygens (including phenoxy) is 2. The van der Waals surface area contributed by atoms with Crippen LogP contribution >= 0.6 is 22.6 Å². The van der Waals surface area contributed by atoms with Crippen LogP contribution in [0.25, 0.3) is 6.08 Å². The number of amides is 4. The van der Waals surface area contributed by atoms with Crippen molar-refractivity contribution in [3.8, 4) is 17.2 Å². The SMILES string of the molecule is CCCCOc1ccc(N2C(=O)NC(=O)/C(=C/c3cc(I)c(OS(=O)(=O)c4ccc(C)cc4)c(OCC)c3)C2=O)cc1. The van der Waals surface area contributed by atoms with E-state index in [0.29, 0.717) is 21.5 Å². The highest BCUT2D eigenvalue weighted by Gasteiger charge is 2.37. The Morgan fingerprint density at radius 1 is 0.952 bits per heavy atom. The van der Waals surface area contributed by atoms with E-state index in [1.807, 2.05) is 29.5 Å². The number of benzene rings is 3. The monoisotopic (exact) mass is 704 g/mol. The molecule has 1 aliphatic heterocycles. The van der Waals surface area contributed by atoms with E-state index in [2.05, 4.69) is 12.2 Å². The molecule has 0 radical (unpaired) electrons. The number of rotatable bonds is 11. The maximum Gasteiger partial charge on any atom is 0.339 e. The van der Waals surface area contributed by atoms with E-state index in [0.717, 1.165) is 23.3 Å². The number of carbonyl (C=O) groups is 3. The molecular formula is C30H29IN2O8S. The molecule has 220 valence electrons. The second-order valence-electron chi connectivity index (χ2n) is 9.27. The summed E-state index contributed by atoms with van der Waals surface area (Å²) in [5.41, 5.74) is 1.21. The van der Waals surface area contributed by atoms with Crippen LogP contribution in [0.1, 0.15) is 37.8 Å². The van der Waals surface area contributed by atoms with Crippen LogP contribution in [0.2, 0.25) is 0 Å². The standard InChI is InChI=1S/C30H29IN2O8S/c1-4-6-15-40-22-11-9-21(10-12-22)33-29(35)24(28(34)32-30(33)36)16-20-17-25(31)27(26(18-20)39-5-2)41-42(37,38)23-13-7-19(3)8-14-23/h7-14,16-18H,4-6,15H2,1-3H3,(H,32,34,36)/b24-16-. The largest absolute Gasteiger partial charge is 0.494 e. The zero-order valence-electron chi connectivity index (χ0n) is 23.2. The Morgan fingerprint density at radius 2 is 1.64 bits per heavy atom. The number of aryl methyl sites for hydroxylation is 1. The van der Waals surface area contributed by atoms with Crippen molar-refractivity contribution in [2.75, 3.05) is 18.1 Å². The van der Waals surface area contributed by atoms with Gasteiger partial charge in [0.15, 0.2) is 11.5 Å². The lowest BCUT2D eigenvalue weighted by Crippen LogP contribution is -2.54. The van der Waals surface area contributed by atoms with E-state index in [4.69, 9.17) is 13.7 Å². The number of hydrogen-bond acceptors (Lipinski definition) is 8. The van der Waals surface area contributed by atoms with Gasteiger partial charge in [-0.25, -0.2) is 9.69 Å². The van der Waals surface area contributed by atoms with E-state index in [9.17, 15) is 22.8 Å². The maximum atomic E-state index is 13.4. The van der Waals surface area contributed by atoms with Gasteiger partial charge in [0, 0.05) is 0 Å². The van der Waals surface area contributed by atoms with Crippen LogP contribution in [-0.4, -0.2) is 39.5 Å². The molecule has 0 spiro atoms. The van der Waals surface area contributed by atoms with E-state index < -0.39 is 28.0 Å². The number of anilines is 1. The number of nitrogens with zero attached hydrogens (tertiary/aromatic N) is 1. The zero-order valence-corrected chi connectivity index (χ0v) is 26.2. The van der Waals surface area contributed by atoms with E-state index in [-0.39, 0.29) is 34.3 Å². The molecule has 1 N–H and O–H groups in total. The predicted octanol–water partition coefficient (Wildman–Crippen LogP) is 5.61. The number of unbranched alkanes of at least 4 members (excludes halogenated alkanes) is 1. The first-order chi connectivity index (χ1) is 20.0. The van der Waals surface area contributed by atoms with Crippen LogP contribution in [0.5, 0.6) is 17.2 Å². The van der Waals surface area contributed by atoms with Crippen molar-refractivity contribution in [3.05, 3.63) is 80.9 Å². The van der Waals surface area contributed by atoms with Crippen LogP contribution in [0.15, 0.2) is 71.1 Å². The fraction of sp³-hybridized carbons (Fsp3) is 0.233. The van der Waals surface area contributed by atoms with Gasteiger partial charge < -0.3 is 13.7 Å². The van der Waals surface area contributed by atoms with E-state index in [1.165, 1.54) is 24.3 Å². The van der Waals surface area contributed by atoms with Gasteiger partial charge in [-0.3, -0.25) is 14.9 Å². The van der Waals surface area contributed by atoms with Gasteiger partial charge in [-0.15, -0.1) is 0 Å². The van der Waals surface area contributed by atoms with Crippen molar-refractivity contribution in [1.82, 2.24) is 5.32 Å². The van der Waals surface area contributed by atoms with Crippen LogP contribution in [0.3, 0.4) is 0 Å². The minimum Gasteiger partial charge on any atom is -0.494 e. The summed E-state index contributed by atoms with van der Waals surface area (Å²) in [4.78, 5) is 39.6. The van der Waals surface area contributed by atoms with Crippen molar-refractivity contribution in [2.45, 2.75) is 38.5 Å². The number of halogens is 1. The number of carbonyl (C=O) groups excluding carboxylic acids is 3. The third-order valence-electron chi connectivity index (χ3n) is 6.11. The normalized spacial score (nSPS) is 14.6. The summed E-state index contributed by atoms with van der Waals surface area (Å²) >= 11 is 1.89. The summed E-state index contributed by atoms with van der Waals surface area (Å²) in [5, 5.41) is 2.19. The molecule has 3 aromatic carbocycles. The highest BCUT2D eigenvalue weighted by atomic mass is 127.